The number of nitrogens with zero attached hydrogens (tertiary/aromatic N) is 1. The maximum atomic E-state index is 13.4. The van der Waals surface area contributed by atoms with Crippen molar-refractivity contribution in [2.45, 2.75) is 46.6 Å². The molecule has 1 aromatic heterocycles. The molecule has 1 amide bonds. The van der Waals surface area contributed by atoms with Crippen molar-refractivity contribution in [1.29, 1.82) is 0 Å². The lowest BCUT2D eigenvalue weighted by Gasteiger charge is -2.26. The van der Waals surface area contributed by atoms with Gasteiger partial charge in [-0.25, -0.2) is 0 Å². The summed E-state index contributed by atoms with van der Waals surface area (Å²) in [7, 11) is 0. The molecule has 1 saturated heterocycles. The minimum atomic E-state index is -0.699. The highest BCUT2D eigenvalue weighted by molar-refractivity contribution is 7.10. The Morgan fingerprint density at radius 3 is 2.53 bits per heavy atom. The van der Waals surface area contributed by atoms with Crippen LogP contribution < -0.4 is 9.64 Å². The number of hydrogen-bond donors (Lipinski definition) is 1. The van der Waals surface area contributed by atoms with Gasteiger partial charge in [-0.05, 0) is 79.1 Å². The second kappa shape index (κ2) is 9.47. The van der Waals surface area contributed by atoms with E-state index in [-0.39, 0.29) is 17.3 Å². The van der Waals surface area contributed by atoms with E-state index in [1.807, 2.05) is 82.5 Å². The fourth-order valence-electron chi connectivity index (χ4n) is 4.37. The Hall–Kier alpha value is -3.38. The number of ketones is 1. The number of aliphatic hydroxyl groups excluding tert-OH is 1. The Balaban J connectivity index is 1.93. The van der Waals surface area contributed by atoms with Crippen LogP contribution in [0, 0.1) is 13.8 Å². The molecular weight excluding hydrogens is 446 g/mol. The van der Waals surface area contributed by atoms with E-state index in [0.717, 1.165) is 27.3 Å². The van der Waals surface area contributed by atoms with Crippen LogP contribution in [-0.4, -0.2) is 23.4 Å². The van der Waals surface area contributed by atoms with Crippen LogP contribution >= 0.6 is 11.3 Å². The number of amides is 1. The molecule has 0 radical (unpaired) electrons. The van der Waals surface area contributed by atoms with Gasteiger partial charge in [0.2, 0.25) is 0 Å². The molecule has 6 heteroatoms. The molecule has 3 aromatic rings. The van der Waals surface area contributed by atoms with Crippen LogP contribution in [0.4, 0.5) is 5.69 Å². The van der Waals surface area contributed by atoms with Gasteiger partial charge in [-0.15, -0.1) is 11.3 Å². The van der Waals surface area contributed by atoms with Gasteiger partial charge in [-0.3, -0.25) is 14.5 Å². The molecular formula is C28H29NO4S. The summed E-state index contributed by atoms with van der Waals surface area (Å²) in [6, 6.07) is 14.3. The van der Waals surface area contributed by atoms with Gasteiger partial charge in [-0.2, -0.15) is 0 Å². The number of Topliss-reactive ketones (excluding diaryl/α,β-unsaturated/α-hetero) is 1. The number of carbonyl (C=O) groups excluding carboxylic acids is 2. The number of anilines is 1. The van der Waals surface area contributed by atoms with Crippen LogP contribution in [0.15, 0.2) is 59.5 Å². The molecule has 1 aliphatic rings. The van der Waals surface area contributed by atoms with E-state index in [1.54, 1.807) is 6.07 Å². The molecule has 1 aliphatic heterocycles. The molecule has 0 spiro atoms. The molecule has 1 N–H and O–H groups in total. The maximum absolute atomic E-state index is 13.4. The molecule has 5 nitrogen and oxygen atoms in total. The van der Waals surface area contributed by atoms with Crippen LogP contribution in [0.25, 0.3) is 5.76 Å². The van der Waals surface area contributed by atoms with Gasteiger partial charge in [0.1, 0.15) is 17.6 Å². The van der Waals surface area contributed by atoms with E-state index in [0.29, 0.717) is 17.9 Å². The van der Waals surface area contributed by atoms with Crippen LogP contribution in [0.3, 0.4) is 0 Å². The van der Waals surface area contributed by atoms with E-state index in [9.17, 15) is 14.7 Å². The molecule has 0 saturated carbocycles. The average molecular weight is 476 g/mol. The maximum Gasteiger partial charge on any atom is 0.300 e. The summed E-state index contributed by atoms with van der Waals surface area (Å²) in [4.78, 5) is 29.1. The SMILES string of the molecule is CCOc1ccc(/C(O)=C2/C(=O)C(=O)N(c3cc(C)ccc3C)C2c2cccs2)cc1C(C)C. The number of rotatable bonds is 6. The molecule has 1 fully saturated rings. The molecule has 4 rings (SSSR count). The van der Waals surface area contributed by atoms with Crippen LogP contribution in [0.5, 0.6) is 5.75 Å². The van der Waals surface area contributed by atoms with Crippen molar-refractivity contribution < 1.29 is 19.4 Å². The topological polar surface area (TPSA) is 66.8 Å². The monoisotopic (exact) mass is 475 g/mol. The predicted molar refractivity (Wildman–Crippen MR) is 137 cm³/mol. The first-order valence-electron chi connectivity index (χ1n) is 11.4. The summed E-state index contributed by atoms with van der Waals surface area (Å²) in [6.45, 7) is 10.4. The zero-order valence-corrected chi connectivity index (χ0v) is 20.9. The zero-order valence-electron chi connectivity index (χ0n) is 20.1. The lowest BCUT2D eigenvalue weighted by Crippen LogP contribution is -2.29. The summed E-state index contributed by atoms with van der Waals surface area (Å²) in [6.07, 6.45) is 0. The molecule has 2 heterocycles. The molecule has 0 bridgehead atoms. The molecule has 0 aliphatic carbocycles. The van der Waals surface area contributed by atoms with E-state index in [4.69, 9.17) is 4.74 Å². The van der Waals surface area contributed by atoms with Crippen LogP contribution in [0.2, 0.25) is 0 Å². The first kappa shape index (κ1) is 23.8. The summed E-state index contributed by atoms with van der Waals surface area (Å²) in [5.74, 6) is -0.589. The Morgan fingerprint density at radius 1 is 1.12 bits per heavy atom. The molecule has 176 valence electrons. The number of thiophene rings is 1. The van der Waals surface area contributed by atoms with Crippen molar-refractivity contribution in [3.05, 3.63) is 86.6 Å². The van der Waals surface area contributed by atoms with Gasteiger partial charge < -0.3 is 9.84 Å². The second-order valence-corrected chi connectivity index (χ2v) is 9.79. The number of benzene rings is 2. The van der Waals surface area contributed by atoms with Crippen molar-refractivity contribution >= 4 is 34.5 Å². The molecule has 34 heavy (non-hydrogen) atoms. The third-order valence-electron chi connectivity index (χ3n) is 6.09. The largest absolute Gasteiger partial charge is 0.507 e. The molecule has 2 aromatic carbocycles. The number of carbonyl (C=O) groups is 2. The quantitative estimate of drug-likeness (QED) is 0.251. The number of ether oxygens (including phenoxy) is 1. The number of aryl methyl sites for hydroxylation is 2. The van der Waals surface area contributed by atoms with Crippen molar-refractivity contribution in [3.63, 3.8) is 0 Å². The van der Waals surface area contributed by atoms with Gasteiger partial charge >= 0.3 is 0 Å². The van der Waals surface area contributed by atoms with Gasteiger partial charge in [0.05, 0.1) is 12.2 Å². The average Bonchev–Trinajstić information content (AvgIpc) is 3.42. The number of aliphatic hydroxyl groups is 1. The summed E-state index contributed by atoms with van der Waals surface area (Å²) in [5, 5.41) is 13.3. The minimum absolute atomic E-state index is 0.104. The smallest absolute Gasteiger partial charge is 0.300 e. The van der Waals surface area contributed by atoms with Crippen molar-refractivity contribution in [1.82, 2.24) is 0 Å². The third kappa shape index (κ3) is 4.14. The summed E-state index contributed by atoms with van der Waals surface area (Å²) in [5.41, 5.74) is 4.08. The van der Waals surface area contributed by atoms with Gasteiger partial charge in [0, 0.05) is 16.1 Å². The lowest BCUT2D eigenvalue weighted by atomic mass is 9.95. The summed E-state index contributed by atoms with van der Waals surface area (Å²) >= 11 is 1.45. The fourth-order valence-corrected chi connectivity index (χ4v) is 5.19. The molecule has 1 atom stereocenters. The highest BCUT2D eigenvalue weighted by Gasteiger charge is 2.47. The van der Waals surface area contributed by atoms with Gasteiger partial charge in [0.25, 0.3) is 11.7 Å². The first-order chi connectivity index (χ1) is 16.2. The Kier molecular flexibility index (Phi) is 6.62. The predicted octanol–water partition coefficient (Wildman–Crippen LogP) is 6.51. The van der Waals surface area contributed by atoms with Crippen molar-refractivity contribution in [2.24, 2.45) is 0 Å². The third-order valence-corrected chi connectivity index (χ3v) is 7.01. The standard InChI is InChI=1S/C28H29NO4S/c1-6-33-22-12-11-19(15-20(22)16(2)3)26(30)24-25(23-8-7-13-34-23)29(28(32)27(24)31)21-14-17(4)9-10-18(21)5/h7-16,25,30H,6H2,1-5H3/b26-24-. The van der Waals surface area contributed by atoms with Crippen LogP contribution in [0.1, 0.15) is 59.9 Å². The van der Waals surface area contributed by atoms with Gasteiger partial charge in [-0.1, -0.05) is 32.0 Å². The normalized spacial score (nSPS) is 17.6. The summed E-state index contributed by atoms with van der Waals surface area (Å²) < 4.78 is 5.75. The highest BCUT2D eigenvalue weighted by Crippen LogP contribution is 2.45. The van der Waals surface area contributed by atoms with Gasteiger partial charge in [0.15, 0.2) is 0 Å². The fraction of sp³-hybridized carbons (Fsp3) is 0.286. The lowest BCUT2D eigenvalue weighted by molar-refractivity contribution is -0.132. The van der Waals surface area contributed by atoms with E-state index in [2.05, 4.69) is 0 Å². The zero-order chi connectivity index (χ0) is 24.6. The van der Waals surface area contributed by atoms with E-state index < -0.39 is 17.7 Å². The number of hydrogen-bond acceptors (Lipinski definition) is 5. The second-order valence-electron chi connectivity index (χ2n) is 8.81. The Labute approximate surface area is 204 Å². The van der Waals surface area contributed by atoms with Crippen molar-refractivity contribution in [2.75, 3.05) is 11.5 Å². The molecule has 1 unspecified atom stereocenters. The van der Waals surface area contributed by atoms with E-state index >= 15 is 0 Å². The van der Waals surface area contributed by atoms with Crippen molar-refractivity contribution in [3.8, 4) is 5.75 Å². The Bertz CT molecular complexity index is 1270. The first-order valence-corrected chi connectivity index (χ1v) is 12.3. The Morgan fingerprint density at radius 2 is 1.88 bits per heavy atom. The van der Waals surface area contributed by atoms with Crippen LogP contribution in [-0.2, 0) is 9.59 Å². The minimum Gasteiger partial charge on any atom is -0.507 e. The highest BCUT2D eigenvalue weighted by atomic mass is 32.1. The van der Waals surface area contributed by atoms with E-state index in [1.165, 1.54) is 16.2 Å².